The van der Waals surface area contributed by atoms with Gasteiger partial charge in [-0.3, -0.25) is 4.98 Å². The summed E-state index contributed by atoms with van der Waals surface area (Å²) in [7, 11) is 1.52. The molecule has 0 aliphatic carbocycles. The van der Waals surface area contributed by atoms with Crippen molar-refractivity contribution in [2.75, 3.05) is 13.7 Å². The lowest BCUT2D eigenvalue weighted by atomic mass is 9.98. The van der Waals surface area contributed by atoms with E-state index in [4.69, 9.17) is 14.5 Å². The average Bonchev–Trinajstić information content (AvgIpc) is 2.84. The third kappa shape index (κ3) is 6.10. The van der Waals surface area contributed by atoms with Crippen LogP contribution in [0.4, 0.5) is 13.2 Å². The standard InChI is InChI=1S/C26H22F3N3O2/c1-33-25-30-16-20(17-31-25)23-7-3-2-5-19(23)15-21-6-4-8-24(32-21)18-9-11-22(12-10-18)34-14-13-26(27,28)29/h2-12,16-17H,13-15H2,1H3. The van der Waals surface area contributed by atoms with Gasteiger partial charge >= 0.3 is 12.2 Å². The Morgan fingerprint density at radius 1 is 0.824 bits per heavy atom. The van der Waals surface area contributed by atoms with Crippen molar-refractivity contribution in [2.24, 2.45) is 0 Å². The highest BCUT2D eigenvalue weighted by Crippen LogP contribution is 2.27. The van der Waals surface area contributed by atoms with Gasteiger partial charge in [-0.25, -0.2) is 9.97 Å². The zero-order chi connectivity index (χ0) is 24.0. The molecule has 4 aromatic rings. The molecule has 0 fully saturated rings. The Morgan fingerprint density at radius 2 is 1.56 bits per heavy atom. The minimum atomic E-state index is -4.23. The average molecular weight is 465 g/mol. The van der Waals surface area contributed by atoms with Crippen LogP contribution in [0.2, 0.25) is 0 Å². The van der Waals surface area contributed by atoms with Crippen molar-refractivity contribution in [3.05, 3.63) is 90.4 Å². The summed E-state index contributed by atoms with van der Waals surface area (Å²) in [4.78, 5) is 13.2. The Hall–Kier alpha value is -3.94. The summed E-state index contributed by atoms with van der Waals surface area (Å²) in [5, 5.41) is 0. The van der Waals surface area contributed by atoms with Gasteiger partial charge in [-0.15, -0.1) is 0 Å². The maximum atomic E-state index is 12.3. The summed E-state index contributed by atoms with van der Waals surface area (Å²) < 4.78 is 47.1. The molecule has 5 nitrogen and oxygen atoms in total. The minimum Gasteiger partial charge on any atom is -0.493 e. The number of pyridine rings is 1. The molecule has 4 rings (SSSR count). The molecule has 0 bridgehead atoms. The molecule has 0 radical (unpaired) electrons. The minimum absolute atomic E-state index is 0.312. The lowest BCUT2D eigenvalue weighted by molar-refractivity contribution is -0.139. The first kappa shape index (κ1) is 23.2. The Balaban J connectivity index is 1.49. The first-order valence-electron chi connectivity index (χ1n) is 10.6. The van der Waals surface area contributed by atoms with Crippen LogP contribution in [-0.2, 0) is 6.42 Å². The number of hydrogen-bond acceptors (Lipinski definition) is 5. The van der Waals surface area contributed by atoms with Gasteiger partial charge in [0.2, 0.25) is 0 Å². The number of hydrogen-bond donors (Lipinski definition) is 0. The molecule has 2 heterocycles. The molecule has 8 heteroatoms. The Bertz CT molecular complexity index is 1230. The van der Waals surface area contributed by atoms with Crippen LogP contribution in [0.15, 0.2) is 79.1 Å². The fraction of sp³-hybridized carbons (Fsp3) is 0.192. The summed E-state index contributed by atoms with van der Waals surface area (Å²) in [5.41, 5.74) is 5.47. The number of ether oxygens (including phenoxy) is 2. The molecule has 0 aliphatic heterocycles. The molecule has 34 heavy (non-hydrogen) atoms. The van der Waals surface area contributed by atoms with Crippen molar-refractivity contribution in [1.82, 2.24) is 15.0 Å². The molecule has 0 amide bonds. The van der Waals surface area contributed by atoms with Gasteiger partial charge in [0, 0.05) is 35.6 Å². The summed E-state index contributed by atoms with van der Waals surface area (Å²) in [5.74, 6) is 0.389. The number of alkyl halides is 3. The SMILES string of the molecule is COc1ncc(-c2ccccc2Cc2cccc(-c3ccc(OCCC(F)(F)F)cc3)n2)cn1. The topological polar surface area (TPSA) is 57.1 Å². The molecule has 0 N–H and O–H groups in total. The smallest absolute Gasteiger partial charge is 0.392 e. The van der Waals surface area contributed by atoms with Crippen LogP contribution in [0.3, 0.4) is 0 Å². The van der Waals surface area contributed by atoms with E-state index < -0.39 is 19.2 Å². The summed E-state index contributed by atoms with van der Waals surface area (Å²) >= 11 is 0. The third-order valence-electron chi connectivity index (χ3n) is 5.12. The summed E-state index contributed by atoms with van der Waals surface area (Å²) in [6.45, 7) is -0.408. The fourth-order valence-corrected chi connectivity index (χ4v) is 3.46. The third-order valence-corrected chi connectivity index (χ3v) is 5.12. The fourth-order valence-electron chi connectivity index (χ4n) is 3.46. The second-order valence-electron chi connectivity index (χ2n) is 7.54. The van der Waals surface area contributed by atoms with Crippen molar-refractivity contribution in [2.45, 2.75) is 19.0 Å². The van der Waals surface area contributed by atoms with E-state index in [0.717, 1.165) is 33.6 Å². The zero-order valence-corrected chi connectivity index (χ0v) is 18.4. The number of halogens is 3. The van der Waals surface area contributed by atoms with E-state index in [1.165, 1.54) is 7.11 Å². The Labute approximate surface area is 195 Å². The van der Waals surface area contributed by atoms with Gasteiger partial charge in [0.1, 0.15) is 5.75 Å². The number of nitrogens with zero attached hydrogens (tertiary/aromatic N) is 3. The van der Waals surface area contributed by atoms with Gasteiger partial charge in [-0.1, -0.05) is 30.3 Å². The van der Waals surface area contributed by atoms with E-state index in [0.29, 0.717) is 18.2 Å². The second-order valence-corrected chi connectivity index (χ2v) is 7.54. The zero-order valence-electron chi connectivity index (χ0n) is 18.4. The van der Waals surface area contributed by atoms with Gasteiger partial charge in [0.05, 0.1) is 25.8 Å². The quantitative estimate of drug-likeness (QED) is 0.313. The van der Waals surface area contributed by atoms with Crippen LogP contribution >= 0.6 is 0 Å². The number of rotatable bonds is 8. The molecule has 0 saturated heterocycles. The highest BCUT2D eigenvalue weighted by atomic mass is 19.4. The van der Waals surface area contributed by atoms with E-state index >= 15 is 0 Å². The highest BCUT2D eigenvalue weighted by Gasteiger charge is 2.26. The molecule has 174 valence electrons. The molecular formula is C26H22F3N3O2. The van der Waals surface area contributed by atoms with E-state index in [2.05, 4.69) is 9.97 Å². The van der Waals surface area contributed by atoms with Crippen LogP contribution in [0.1, 0.15) is 17.7 Å². The first-order valence-corrected chi connectivity index (χ1v) is 10.6. The Morgan fingerprint density at radius 3 is 2.26 bits per heavy atom. The van der Waals surface area contributed by atoms with E-state index in [1.807, 2.05) is 42.5 Å². The predicted molar refractivity (Wildman–Crippen MR) is 123 cm³/mol. The van der Waals surface area contributed by atoms with Gasteiger partial charge < -0.3 is 9.47 Å². The van der Waals surface area contributed by atoms with Gasteiger partial charge in [-0.2, -0.15) is 13.2 Å². The van der Waals surface area contributed by atoms with Crippen molar-refractivity contribution in [3.8, 4) is 34.1 Å². The van der Waals surface area contributed by atoms with Crippen LogP contribution < -0.4 is 9.47 Å². The molecule has 0 aliphatic rings. The number of aromatic nitrogens is 3. The maximum absolute atomic E-state index is 12.3. The molecule has 0 spiro atoms. The Kier molecular flexibility index (Phi) is 7.06. The van der Waals surface area contributed by atoms with E-state index in [1.54, 1.807) is 36.7 Å². The van der Waals surface area contributed by atoms with Crippen LogP contribution in [0.5, 0.6) is 11.8 Å². The van der Waals surface area contributed by atoms with Crippen LogP contribution in [0, 0.1) is 0 Å². The van der Waals surface area contributed by atoms with Crippen molar-refractivity contribution in [3.63, 3.8) is 0 Å². The summed E-state index contributed by atoms with van der Waals surface area (Å²) in [6, 6.07) is 21.0. The normalized spacial score (nSPS) is 11.3. The maximum Gasteiger partial charge on any atom is 0.392 e. The van der Waals surface area contributed by atoms with Gasteiger partial charge in [0.25, 0.3) is 0 Å². The van der Waals surface area contributed by atoms with Crippen molar-refractivity contribution < 1.29 is 22.6 Å². The monoisotopic (exact) mass is 465 g/mol. The van der Waals surface area contributed by atoms with Crippen molar-refractivity contribution in [1.29, 1.82) is 0 Å². The lowest BCUT2D eigenvalue weighted by Crippen LogP contribution is -2.12. The lowest BCUT2D eigenvalue weighted by Gasteiger charge is -2.11. The van der Waals surface area contributed by atoms with Gasteiger partial charge in [-0.05, 0) is 47.5 Å². The first-order chi connectivity index (χ1) is 16.4. The van der Waals surface area contributed by atoms with E-state index in [9.17, 15) is 13.2 Å². The molecule has 0 atom stereocenters. The molecule has 2 aromatic heterocycles. The number of methoxy groups -OCH3 is 1. The van der Waals surface area contributed by atoms with Crippen LogP contribution in [-0.4, -0.2) is 34.8 Å². The predicted octanol–water partition coefficient (Wildman–Crippen LogP) is 6.14. The van der Waals surface area contributed by atoms with E-state index in [-0.39, 0.29) is 0 Å². The van der Waals surface area contributed by atoms with Crippen molar-refractivity contribution >= 4 is 0 Å². The molecular weight excluding hydrogens is 443 g/mol. The molecule has 2 aromatic carbocycles. The summed E-state index contributed by atoms with van der Waals surface area (Å²) in [6.07, 6.45) is -1.15. The molecule has 0 unspecified atom stereocenters. The molecule has 0 saturated carbocycles. The van der Waals surface area contributed by atoms with Gasteiger partial charge in [0.15, 0.2) is 0 Å². The number of benzene rings is 2. The second kappa shape index (κ2) is 10.3. The highest BCUT2D eigenvalue weighted by molar-refractivity contribution is 5.66. The largest absolute Gasteiger partial charge is 0.493 e. The van der Waals surface area contributed by atoms with Crippen LogP contribution in [0.25, 0.3) is 22.4 Å².